The molecule has 0 fully saturated rings. The summed E-state index contributed by atoms with van der Waals surface area (Å²) in [6.45, 7) is 3.32. The molecule has 0 aliphatic carbocycles. The maximum atomic E-state index is 5.88. The molecule has 2 rings (SSSR count). The number of nitrogen functional groups attached to an aromatic ring is 1. The van der Waals surface area contributed by atoms with Crippen LogP contribution in [0.4, 0.5) is 11.8 Å². The summed E-state index contributed by atoms with van der Waals surface area (Å²) in [6, 6.07) is 9.63. The van der Waals surface area contributed by atoms with Crippen LogP contribution >= 0.6 is 11.6 Å². The van der Waals surface area contributed by atoms with Crippen LogP contribution in [0.15, 0.2) is 30.3 Å². The zero-order valence-corrected chi connectivity index (χ0v) is 12.3. The maximum Gasteiger partial charge on any atom is 0.223 e. The standard InChI is InChI=1S/C14H17ClN4O/c1-3-20-11-6-4-10(5-7-11)9-19(2)13-8-12(15)17-14(16)18-13/h4-8H,3,9H2,1-2H3,(H2,16,17,18). The van der Waals surface area contributed by atoms with E-state index >= 15 is 0 Å². The monoisotopic (exact) mass is 292 g/mol. The minimum absolute atomic E-state index is 0.172. The molecule has 0 bridgehead atoms. The zero-order valence-electron chi connectivity index (χ0n) is 11.5. The summed E-state index contributed by atoms with van der Waals surface area (Å²) >= 11 is 5.88. The van der Waals surface area contributed by atoms with Gasteiger partial charge in [0.25, 0.3) is 0 Å². The third-order valence-corrected chi connectivity index (χ3v) is 2.94. The summed E-state index contributed by atoms with van der Waals surface area (Å²) in [5, 5.41) is 0.339. The van der Waals surface area contributed by atoms with Crippen LogP contribution in [0.5, 0.6) is 5.75 Å². The van der Waals surface area contributed by atoms with Gasteiger partial charge < -0.3 is 15.4 Å². The molecule has 0 aliphatic rings. The molecule has 1 heterocycles. The van der Waals surface area contributed by atoms with Gasteiger partial charge in [0.2, 0.25) is 5.95 Å². The number of benzene rings is 1. The van der Waals surface area contributed by atoms with Crippen molar-refractivity contribution in [2.45, 2.75) is 13.5 Å². The Balaban J connectivity index is 2.08. The van der Waals surface area contributed by atoms with Crippen molar-refractivity contribution >= 4 is 23.4 Å². The molecule has 20 heavy (non-hydrogen) atoms. The molecule has 2 N–H and O–H groups in total. The van der Waals surface area contributed by atoms with E-state index in [1.54, 1.807) is 6.07 Å². The Bertz CT molecular complexity index is 554. The predicted molar refractivity (Wildman–Crippen MR) is 81.2 cm³/mol. The minimum Gasteiger partial charge on any atom is -0.494 e. The lowest BCUT2D eigenvalue weighted by Gasteiger charge is -2.18. The quantitative estimate of drug-likeness (QED) is 0.859. The molecule has 2 aromatic rings. The van der Waals surface area contributed by atoms with Gasteiger partial charge >= 0.3 is 0 Å². The summed E-state index contributed by atoms with van der Waals surface area (Å²) in [5.41, 5.74) is 6.74. The van der Waals surface area contributed by atoms with Gasteiger partial charge in [0, 0.05) is 19.7 Å². The number of aromatic nitrogens is 2. The second-order valence-corrected chi connectivity index (χ2v) is 4.73. The molecule has 0 saturated carbocycles. The molecule has 0 atom stereocenters. The van der Waals surface area contributed by atoms with E-state index < -0.39 is 0 Å². The fourth-order valence-corrected chi connectivity index (χ4v) is 2.02. The Morgan fingerprint density at radius 3 is 2.55 bits per heavy atom. The highest BCUT2D eigenvalue weighted by Crippen LogP contribution is 2.19. The summed E-state index contributed by atoms with van der Waals surface area (Å²) in [4.78, 5) is 9.96. The van der Waals surface area contributed by atoms with Crippen LogP contribution < -0.4 is 15.4 Å². The first-order valence-corrected chi connectivity index (χ1v) is 6.69. The van der Waals surface area contributed by atoms with E-state index in [1.165, 1.54) is 0 Å². The zero-order chi connectivity index (χ0) is 14.5. The molecular formula is C14H17ClN4O. The van der Waals surface area contributed by atoms with Crippen LogP contribution in [0.25, 0.3) is 0 Å². The van der Waals surface area contributed by atoms with Gasteiger partial charge in [-0.25, -0.2) is 4.98 Å². The van der Waals surface area contributed by atoms with Crippen molar-refractivity contribution in [2.75, 3.05) is 24.3 Å². The number of ether oxygens (including phenoxy) is 1. The first-order chi connectivity index (χ1) is 9.58. The summed E-state index contributed by atoms with van der Waals surface area (Å²) in [5.74, 6) is 1.73. The molecule has 0 radical (unpaired) electrons. The van der Waals surface area contributed by atoms with Crippen LogP contribution in [-0.4, -0.2) is 23.6 Å². The lowest BCUT2D eigenvalue weighted by atomic mass is 10.2. The Kier molecular flexibility index (Phi) is 4.63. The van der Waals surface area contributed by atoms with Gasteiger partial charge in [-0.1, -0.05) is 23.7 Å². The SMILES string of the molecule is CCOc1ccc(CN(C)c2cc(Cl)nc(N)n2)cc1. The van der Waals surface area contributed by atoms with E-state index in [0.29, 0.717) is 24.1 Å². The van der Waals surface area contributed by atoms with E-state index in [0.717, 1.165) is 11.3 Å². The Morgan fingerprint density at radius 2 is 1.95 bits per heavy atom. The first kappa shape index (κ1) is 14.4. The Labute approximate surface area is 123 Å². The van der Waals surface area contributed by atoms with Gasteiger partial charge in [0.15, 0.2) is 0 Å². The molecular weight excluding hydrogens is 276 g/mol. The molecule has 0 amide bonds. The predicted octanol–water partition coefficient (Wildman–Crippen LogP) is 2.75. The largest absolute Gasteiger partial charge is 0.494 e. The topological polar surface area (TPSA) is 64.3 Å². The number of hydrogen-bond acceptors (Lipinski definition) is 5. The van der Waals surface area contributed by atoms with Crippen LogP contribution in [-0.2, 0) is 6.54 Å². The third kappa shape index (κ3) is 3.74. The summed E-state index contributed by atoms with van der Waals surface area (Å²) in [6.07, 6.45) is 0. The molecule has 0 spiro atoms. The van der Waals surface area contributed by atoms with Gasteiger partial charge in [-0.3, -0.25) is 0 Å². The van der Waals surface area contributed by atoms with Gasteiger partial charge in [0.1, 0.15) is 16.7 Å². The van der Waals surface area contributed by atoms with Crippen molar-refractivity contribution in [2.24, 2.45) is 0 Å². The second kappa shape index (κ2) is 6.43. The van der Waals surface area contributed by atoms with E-state index in [1.807, 2.05) is 43.1 Å². The molecule has 1 aromatic heterocycles. The van der Waals surface area contributed by atoms with Crippen molar-refractivity contribution in [3.05, 3.63) is 41.0 Å². The van der Waals surface area contributed by atoms with Crippen LogP contribution in [0.2, 0.25) is 5.15 Å². The maximum absolute atomic E-state index is 5.88. The third-order valence-electron chi connectivity index (χ3n) is 2.74. The molecule has 5 nitrogen and oxygen atoms in total. The smallest absolute Gasteiger partial charge is 0.223 e. The lowest BCUT2D eigenvalue weighted by molar-refractivity contribution is 0.340. The van der Waals surface area contributed by atoms with Crippen LogP contribution in [0.1, 0.15) is 12.5 Å². The highest BCUT2D eigenvalue weighted by Gasteiger charge is 2.07. The molecule has 0 aliphatic heterocycles. The van der Waals surface area contributed by atoms with Gasteiger partial charge in [-0.05, 0) is 24.6 Å². The Morgan fingerprint density at radius 1 is 1.25 bits per heavy atom. The first-order valence-electron chi connectivity index (χ1n) is 6.31. The number of nitrogens with two attached hydrogens (primary N) is 1. The summed E-state index contributed by atoms with van der Waals surface area (Å²) in [7, 11) is 1.93. The average molecular weight is 293 g/mol. The van der Waals surface area contributed by atoms with Crippen molar-refractivity contribution in [3.8, 4) is 5.75 Å². The van der Waals surface area contributed by atoms with Crippen molar-refractivity contribution in [1.29, 1.82) is 0 Å². The van der Waals surface area contributed by atoms with Crippen molar-refractivity contribution in [3.63, 3.8) is 0 Å². The molecule has 0 unspecified atom stereocenters. The number of anilines is 2. The number of hydrogen-bond donors (Lipinski definition) is 1. The van der Waals surface area contributed by atoms with Gasteiger partial charge in [0.05, 0.1) is 6.61 Å². The second-order valence-electron chi connectivity index (χ2n) is 4.34. The minimum atomic E-state index is 0.172. The van der Waals surface area contributed by atoms with E-state index in [9.17, 15) is 0 Å². The number of rotatable bonds is 5. The van der Waals surface area contributed by atoms with Gasteiger partial charge in [-0.2, -0.15) is 4.98 Å². The highest BCUT2D eigenvalue weighted by atomic mass is 35.5. The van der Waals surface area contributed by atoms with E-state index in [2.05, 4.69) is 9.97 Å². The fourth-order valence-electron chi connectivity index (χ4n) is 1.83. The normalized spacial score (nSPS) is 10.3. The van der Waals surface area contributed by atoms with E-state index in [-0.39, 0.29) is 5.95 Å². The molecule has 1 aromatic carbocycles. The number of halogens is 1. The molecule has 6 heteroatoms. The fraction of sp³-hybridized carbons (Fsp3) is 0.286. The van der Waals surface area contributed by atoms with Crippen molar-refractivity contribution in [1.82, 2.24) is 9.97 Å². The average Bonchev–Trinajstić information content (AvgIpc) is 2.40. The number of nitrogens with zero attached hydrogens (tertiary/aromatic N) is 3. The lowest BCUT2D eigenvalue weighted by Crippen LogP contribution is -2.18. The van der Waals surface area contributed by atoms with Crippen LogP contribution in [0, 0.1) is 0 Å². The highest BCUT2D eigenvalue weighted by molar-refractivity contribution is 6.29. The van der Waals surface area contributed by atoms with Crippen molar-refractivity contribution < 1.29 is 4.74 Å². The molecule has 0 saturated heterocycles. The van der Waals surface area contributed by atoms with Gasteiger partial charge in [-0.15, -0.1) is 0 Å². The molecule has 106 valence electrons. The Hall–Kier alpha value is -2.01. The van der Waals surface area contributed by atoms with E-state index in [4.69, 9.17) is 22.1 Å². The summed E-state index contributed by atoms with van der Waals surface area (Å²) < 4.78 is 5.41. The van der Waals surface area contributed by atoms with Crippen LogP contribution in [0.3, 0.4) is 0 Å².